The summed E-state index contributed by atoms with van der Waals surface area (Å²) in [5.74, 6) is 0. The monoisotopic (exact) mass is 199 g/mol. The Labute approximate surface area is 89.0 Å². The molecule has 76 valence electrons. The van der Waals surface area contributed by atoms with Gasteiger partial charge in [-0.15, -0.1) is 0 Å². The van der Waals surface area contributed by atoms with Crippen LogP contribution in [-0.2, 0) is 0 Å². The fraction of sp³-hybridized carbons (Fsp3) is 0.167. The number of benzene rings is 1. The van der Waals surface area contributed by atoms with Crippen LogP contribution in [0.25, 0.3) is 11.3 Å². The molecule has 1 aromatic heterocycles. The first-order valence-corrected chi connectivity index (χ1v) is 4.90. The van der Waals surface area contributed by atoms with E-state index in [4.69, 9.17) is 5.73 Å². The van der Waals surface area contributed by atoms with Crippen LogP contribution in [0.15, 0.2) is 42.9 Å². The maximum atomic E-state index is 5.87. The van der Waals surface area contributed by atoms with Crippen LogP contribution in [0.3, 0.4) is 0 Å². The van der Waals surface area contributed by atoms with Crippen molar-refractivity contribution in [3.63, 3.8) is 0 Å². The van der Waals surface area contributed by atoms with Crippen LogP contribution >= 0.6 is 0 Å². The highest BCUT2D eigenvalue weighted by molar-refractivity contribution is 5.62. The minimum absolute atomic E-state index is 0.0543. The van der Waals surface area contributed by atoms with Crippen LogP contribution < -0.4 is 5.73 Å². The molecule has 1 heterocycles. The van der Waals surface area contributed by atoms with Crippen LogP contribution in [0.4, 0.5) is 0 Å². The van der Waals surface area contributed by atoms with Crippen molar-refractivity contribution in [2.45, 2.75) is 13.0 Å². The Balaban J connectivity index is 2.53. The lowest BCUT2D eigenvalue weighted by Crippen LogP contribution is -2.08. The zero-order chi connectivity index (χ0) is 10.7. The van der Waals surface area contributed by atoms with Gasteiger partial charge in [0.1, 0.15) is 6.33 Å². The summed E-state index contributed by atoms with van der Waals surface area (Å²) < 4.78 is 0. The normalized spacial score (nSPS) is 12.4. The van der Waals surface area contributed by atoms with Gasteiger partial charge in [-0.1, -0.05) is 30.3 Å². The number of aromatic nitrogens is 2. The van der Waals surface area contributed by atoms with Gasteiger partial charge in [0.15, 0.2) is 0 Å². The summed E-state index contributed by atoms with van der Waals surface area (Å²) in [6, 6.07) is 9.95. The smallest absolute Gasteiger partial charge is 0.116 e. The first-order chi connectivity index (χ1) is 7.29. The fourth-order valence-electron chi connectivity index (χ4n) is 1.51. The molecular weight excluding hydrogens is 186 g/mol. The molecule has 0 amide bonds. The molecule has 0 aliphatic rings. The van der Waals surface area contributed by atoms with Gasteiger partial charge < -0.3 is 5.73 Å². The maximum Gasteiger partial charge on any atom is 0.116 e. The van der Waals surface area contributed by atoms with E-state index in [0.717, 1.165) is 16.8 Å². The summed E-state index contributed by atoms with van der Waals surface area (Å²) >= 11 is 0. The van der Waals surface area contributed by atoms with E-state index < -0.39 is 0 Å². The van der Waals surface area contributed by atoms with Gasteiger partial charge in [0, 0.05) is 23.4 Å². The van der Waals surface area contributed by atoms with Crippen molar-refractivity contribution in [1.82, 2.24) is 9.97 Å². The molecule has 1 atom stereocenters. The first kappa shape index (κ1) is 9.80. The van der Waals surface area contributed by atoms with Crippen molar-refractivity contribution in [3.8, 4) is 11.3 Å². The molecule has 0 spiro atoms. The Hall–Kier alpha value is -1.74. The van der Waals surface area contributed by atoms with Crippen LogP contribution in [0.1, 0.15) is 18.5 Å². The Kier molecular flexibility index (Phi) is 2.74. The molecule has 0 saturated carbocycles. The van der Waals surface area contributed by atoms with Crippen molar-refractivity contribution >= 4 is 0 Å². The lowest BCUT2D eigenvalue weighted by Gasteiger charge is -2.10. The van der Waals surface area contributed by atoms with Crippen molar-refractivity contribution < 1.29 is 0 Å². The third-order valence-corrected chi connectivity index (χ3v) is 2.28. The molecule has 3 heteroatoms. The van der Waals surface area contributed by atoms with Crippen LogP contribution in [-0.4, -0.2) is 9.97 Å². The molecule has 3 nitrogen and oxygen atoms in total. The second kappa shape index (κ2) is 4.19. The molecule has 2 N–H and O–H groups in total. The van der Waals surface area contributed by atoms with E-state index in [1.54, 1.807) is 12.5 Å². The van der Waals surface area contributed by atoms with Crippen molar-refractivity contribution in [2.24, 2.45) is 5.73 Å². The van der Waals surface area contributed by atoms with Crippen LogP contribution in [0, 0.1) is 0 Å². The highest BCUT2D eigenvalue weighted by Crippen LogP contribution is 2.23. The minimum atomic E-state index is -0.0543. The highest BCUT2D eigenvalue weighted by Gasteiger charge is 2.09. The third-order valence-electron chi connectivity index (χ3n) is 2.28. The van der Waals surface area contributed by atoms with Gasteiger partial charge in [0.25, 0.3) is 0 Å². The minimum Gasteiger partial charge on any atom is -0.324 e. The van der Waals surface area contributed by atoms with Crippen molar-refractivity contribution in [1.29, 1.82) is 0 Å². The number of hydrogen-bond donors (Lipinski definition) is 1. The van der Waals surface area contributed by atoms with Crippen LogP contribution in [0.5, 0.6) is 0 Å². The molecule has 0 bridgehead atoms. The Bertz CT molecular complexity index is 438. The molecule has 1 aromatic carbocycles. The van der Waals surface area contributed by atoms with Crippen molar-refractivity contribution in [2.75, 3.05) is 0 Å². The lowest BCUT2D eigenvalue weighted by atomic mass is 10.0. The third kappa shape index (κ3) is 2.02. The van der Waals surface area contributed by atoms with Gasteiger partial charge in [0.2, 0.25) is 0 Å². The molecule has 15 heavy (non-hydrogen) atoms. The van der Waals surface area contributed by atoms with E-state index in [1.165, 1.54) is 0 Å². The fourth-order valence-corrected chi connectivity index (χ4v) is 1.51. The molecule has 0 saturated heterocycles. The number of nitrogens with zero attached hydrogens (tertiary/aromatic N) is 2. The topological polar surface area (TPSA) is 51.8 Å². The zero-order valence-corrected chi connectivity index (χ0v) is 8.59. The summed E-state index contributed by atoms with van der Waals surface area (Å²) in [7, 11) is 0. The molecule has 0 aliphatic heterocycles. The van der Waals surface area contributed by atoms with E-state index in [9.17, 15) is 0 Å². The van der Waals surface area contributed by atoms with E-state index in [1.807, 2.05) is 37.3 Å². The summed E-state index contributed by atoms with van der Waals surface area (Å²) in [5.41, 5.74) is 8.84. The Morgan fingerprint density at radius 1 is 1.20 bits per heavy atom. The molecule has 2 aromatic rings. The predicted octanol–water partition coefficient (Wildman–Crippen LogP) is 2.16. The molecule has 0 radical (unpaired) electrons. The summed E-state index contributed by atoms with van der Waals surface area (Å²) in [6.07, 6.45) is 3.33. The van der Waals surface area contributed by atoms with Gasteiger partial charge in [-0.2, -0.15) is 0 Å². The second-order valence-electron chi connectivity index (χ2n) is 3.48. The summed E-state index contributed by atoms with van der Waals surface area (Å²) in [6.45, 7) is 1.94. The molecule has 2 rings (SSSR count). The van der Waals surface area contributed by atoms with E-state index >= 15 is 0 Å². The number of nitrogens with two attached hydrogens (primary N) is 1. The first-order valence-electron chi connectivity index (χ1n) is 4.90. The lowest BCUT2D eigenvalue weighted by molar-refractivity contribution is 0.805. The standard InChI is InChI=1S/C12H13N3/c1-9(13)11-7-14-8-15-12(11)10-5-3-2-4-6-10/h2-9H,13H2,1H3. The van der Waals surface area contributed by atoms with Gasteiger partial charge in [-0.05, 0) is 6.92 Å². The molecule has 0 aliphatic carbocycles. The summed E-state index contributed by atoms with van der Waals surface area (Å²) in [4.78, 5) is 8.28. The number of rotatable bonds is 2. The average molecular weight is 199 g/mol. The second-order valence-corrected chi connectivity index (χ2v) is 3.48. The van der Waals surface area contributed by atoms with Crippen LogP contribution in [0.2, 0.25) is 0 Å². The highest BCUT2D eigenvalue weighted by atomic mass is 14.8. The summed E-state index contributed by atoms with van der Waals surface area (Å²) in [5, 5.41) is 0. The van der Waals surface area contributed by atoms with Gasteiger partial charge in [-0.3, -0.25) is 0 Å². The molecular formula is C12H13N3. The van der Waals surface area contributed by atoms with E-state index in [-0.39, 0.29) is 6.04 Å². The average Bonchev–Trinajstić information content (AvgIpc) is 2.30. The van der Waals surface area contributed by atoms with Gasteiger partial charge in [-0.25, -0.2) is 9.97 Å². The van der Waals surface area contributed by atoms with Gasteiger partial charge >= 0.3 is 0 Å². The van der Waals surface area contributed by atoms with E-state index in [0.29, 0.717) is 0 Å². The molecule has 0 fully saturated rings. The largest absolute Gasteiger partial charge is 0.324 e. The van der Waals surface area contributed by atoms with Gasteiger partial charge in [0.05, 0.1) is 5.69 Å². The predicted molar refractivity (Wildman–Crippen MR) is 60.1 cm³/mol. The Morgan fingerprint density at radius 2 is 1.93 bits per heavy atom. The quantitative estimate of drug-likeness (QED) is 0.806. The van der Waals surface area contributed by atoms with E-state index in [2.05, 4.69) is 9.97 Å². The zero-order valence-electron chi connectivity index (χ0n) is 8.59. The molecule has 1 unspecified atom stereocenters. The SMILES string of the molecule is CC(N)c1cncnc1-c1ccccc1. The number of hydrogen-bond acceptors (Lipinski definition) is 3. The Morgan fingerprint density at radius 3 is 2.60 bits per heavy atom. The van der Waals surface area contributed by atoms with Crippen molar-refractivity contribution in [3.05, 3.63) is 48.4 Å². The maximum absolute atomic E-state index is 5.87.